The molecule has 98 valence electrons. The second kappa shape index (κ2) is 7.96. The van der Waals surface area contributed by atoms with Gasteiger partial charge >= 0.3 is 0 Å². The van der Waals surface area contributed by atoms with E-state index in [0.717, 1.165) is 0 Å². The fourth-order valence-corrected chi connectivity index (χ4v) is 1.36. The van der Waals surface area contributed by atoms with Crippen LogP contribution < -0.4 is 5.32 Å². The quantitative estimate of drug-likeness (QED) is 0.665. The van der Waals surface area contributed by atoms with Crippen molar-refractivity contribution in [3.63, 3.8) is 0 Å². The van der Waals surface area contributed by atoms with Gasteiger partial charge in [0.2, 0.25) is 5.91 Å². The third-order valence-corrected chi connectivity index (χ3v) is 2.63. The van der Waals surface area contributed by atoms with Crippen molar-refractivity contribution in [1.82, 2.24) is 5.32 Å². The van der Waals surface area contributed by atoms with Gasteiger partial charge in [0.05, 0.1) is 12.7 Å². The summed E-state index contributed by atoms with van der Waals surface area (Å²) in [5.41, 5.74) is -1.03. The number of nitrogens with one attached hydrogen (secondary N) is 1. The van der Waals surface area contributed by atoms with Gasteiger partial charge in [-0.1, -0.05) is 13.8 Å². The molecule has 0 saturated carbocycles. The molecule has 0 saturated heterocycles. The molecule has 0 aliphatic rings. The van der Waals surface area contributed by atoms with Crippen LogP contribution in [-0.4, -0.2) is 32.1 Å². The summed E-state index contributed by atoms with van der Waals surface area (Å²) < 4.78 is 28.0. The zero-order valence-electron chi connectivity index (χ0n) is 10.1. The molecule has 0 unspecified atom stereocenters. The van der Waals surface area contributed by atoms with E-state index in [4.69, 9.17) is 5.26 Å². The standard InChI is InChI=1S/C11H18F2N2O2/c1-3-11(4-2,8-14)10(16)15-5-6-17-7-9(12)13/h9H,3-7H2,1-2H3,(H,15,16). The number of carbonyl (C=O) groups excluding carboxylic acids is 1. The lowest BCUT2D eigenvalue weighted by molar-refractivity contribution is -0.128. The molecule has 4 nitrogen and oxygen atoms in total. The molecule has 0 atom stereocenters. The van der Waals surface area contributed by atoms with Crippen LogP contribution in [0.15, 0.2) is 0 Å². The first-order valence-electron chi connectivity index (χ1n) is 5.57. The number of carbonyl (C=O) groups is 1. The zero-order valence-corrected chi connectivity index (χ0v) is 10.1. The molecule has 0 radical (unpaired) electrons. The summed E-state index contributed by atoms with van der Waals surface area (Å²) in [4.78, 5) is 11.7. The Balaban J connectivity index is 3.97. The minimum atomic E-state index is -2.50. The van der Waals surface area contributed by atoms with Crippen molar-refractivity contribution in [1.29, 1.82) is 5.26 Å². The minimum absolute atomic E-state index is 0.0189. The number of nitrogens with zero attached hydrogens (tertiary/aromatic N) is 1. The predicted molar refractivity (Wildman–Crippen MR) is 58.5 cm³/mol. The molecular weight excluding hydrogens is 230 g/mol. The van der Waals surface area contributed by atoms with Gasteiger partial charge < -0.3 is 10.1 Å². The fraction of sp³-hybridized carbons (Fsp3) is 0.818. The van der Waals surface area contributed by atoms with E-state index in [2.05, 4.69) is 10.1 Å². The Bertz CT molecular complexity index is 273. The maximum absolute atomic E-state index is 11.7. The molecule has 0 rings (SSSR count). The van der Waals surface area contributed by atoms with Gasteiger partial charge in [-0.15, -0.1) is 0 Å². The Morgan fingerprint density at radius 1 is 1.47 bits per heavy atom. The van der Waals surface area contributed by atoms with Crippen LogP contribution in [-0.2, 0) is 9.53 Å². The van der Waals surface area contributed by atoms with Gasteiger partial charge in [-0.05, 0) is 12.8 Å². The number of nitriles is 1. The van der Waals surface area contributed by atoms with Crippen LogP contribution in [0.2, 0.25) is 0 Å². The lowest BCUT2D eigenvalue weighted by Crippen LogP contribution is -2.40. The Morgan fingerprint density at radius 2 is 2.06 bits per heavy atom. The first-order chi connectivity index (χ1) is 8.02. The van der Waals surface area contributed by atoms with Gasteiger partial charge in [0.15, 0.2) is 0 Å². The van der Waals surface area contributed by atoms with Crippen molar-refractivity contribution in [3.05, 3.63) is 0 Å². The van der Waals surface area contributed by atoms with Crippen LogP contribution in [0.25, 0.3) is 0 Å². The summed E-state index contributed by atoms with van der Waals surface area (Å²) in [6.45, 7) is 3.04. The molecule has 1 N–H and O–H groups in total. The Hall–Kier alpha value is -1.22. The van der Waals surface area contributed by atoms with Gasteiger partial charge in [0, 0.05) is 6.54 Å². The molecule has 0 aliphatic heterocycles. The number of hydrogen-bond donors (Lipinski definition) is 1. The molecule has 0 spiro atoms. The van der Waals surface area contributed by atoms with E-state index < -0.39 is 18.4 Å². The topological polar surface area (TPSA) is 62.1 Å². The number of halogens is 2. The second-order valence-corrected chi connectivity index (χ2v) is 3.62. The highest BCUT2D eigenvalue weighted by Crippen LogP contribution is 2.25. The first-order valence-corrected chi connectivity index (χ1v) is 5.57. The van der Waals surface area contributed by atoms with Crippen LogP contribution in [0.4, 0.5) is 8.78 Å². The van der Waals surface area contributed by atoms with E-state index in [1.807, 2.05) is 6.07 Å². The molecule has 0 aromatic rings. The summed E-state index contributed by atoms with van der Waals surface area (Å²) >= 11 is 0. The van der Waals surface area contributed by atoms with Crippen molar-refractivity contribution in [2.45, 2.75) is 33.1 Å². The van der Waals surface area contributed by atoms with Gasteiger partial charge in [-0.25, -0.2) is 8.78 Å². The number of ether oxygens (including phenoxy) is 1. The van der Waals surface area contributed by atoms with E-state index in [1.165, 1.54) is 0 Å². The Kier molecular flexibility index (Phi) is 7.39. The van der Waals surface area contributed by atoms with Crippen LogP contribution in [0, 0.1) is 16.7 Å². The van der Waals surface area contributed by atoms with E-state index in [0.29, 0.717) is 12.8 Å². The van der Waals surface area contributed by atoms with Crippen LogP contribution in [0.1, 0.15) is 26.7 Å². The molecule has 6 heteroatoms. The largest absolute Gasteiger partial charge is 0.374 e. The van der Waals surface area contributed by atoms with E-state index in [9.17, 15) is 13.6 Å². The van der Waals surface area contributed by atoms with Crippen LogP contribution in [0.5, 0.6) is 0 Å². The fourth-order valence-electron chi connectivity index (χ4n) is 1.36. The molecule has 0 aromatic carbocycles. The summed E-state index contributed by atoms with van der Waals surface area (Å²) in [6, 6.07) is 2.00. The van der Waals surface area contributed by atoms with Gasteiger partial charge in [0.25, 0.3) is 6.43 Å². The molecule has 17 heavy (non-hydrogen) atoms. The molecule has 0 bridgehead atoms. The monoisotopic (exact) mass is 248 g/mol. The lowest BCUT2D eigenvalue weighted by atomic mass is 9.83. The summed E-state index contributed by atoms with van der Waals surface area (Å²) in [5.74, 6) is -0.370. The smallest absolute Gasteiger partial charge is 0.261 e. The summed E-state index contributed by atoms with van der Waals surface area (Å²) in [6.07, 6.45) is -1.66. The summed E-state index contributed by atoms with van der Waals surface area (Å²) in [5, 5.41) is 11.5. The number of rotatable bonds is 8. The van der Waals surface area contributed by atoms with E-state index in [-0.39, 0.29) is 19.1 Å². The van der Waals surface area contributed by atoms with E-state index in [1.54, 1.807) is 13.8 Å². The average molecular weight is 248 g/mol. The predicted octanol–water partition coefficient (Wildman–Crippen LogP) is 1.71. The normalized spacial score (nSPS) is 11.3. The molecule has 0 fully saturated rings. The molecule has 0 aliphatic carbocycles. The van der Waals surface area contributed by atoms with E-state index >= 15 is 0 Å². The second-order valence-electron chi connectivity index (χ2n) is 3.62. The van der Waals surface area contributed by atoms with Crippen molar-refractivity contribution in [3.8, 4) is 6.07 Å². The highest BCUT2D eigenvalue weighted by Gasteiger charge is 2.34. The van der Waals surface area contributed by atoms with Crippen LogP contribution in [0.3, 0.4) is 0 Å². The van der Waals surface area contributed by atoms with Gasteiger partial charge in [-0.2, -0.15) is 5.26 Å². The Labute approximate surface area is 99.9 Å². The minimum Gasteiger partial charge on any atom is -0.374 e. The maximum Gasteiger partial charge on any atom is 0.261 e. The maximum atomic E-state index is 11.7. The molecule has 0 heterocycles. The summed E-state index contributed by atoms with van der Waals surface area (Å²) in [7, 11) is 0. The van der Waals surface area contributed by atoms with Gasteiger partial charge in [0.1, 0.15) is 12.0 Å². The van der Waals surface area contributed by atoms with Crippen LogP contribution >= 0.6 is 0 Å². The van der Waals surface area contributed by atoms with Crippen molar-refractivity contribution >= 4 is 5.91 Å². The third-order valence-electron chi connectivity index (χ3n) is 2.63. The number of alkyl halides is 2. The van der Waals surface area contributed by atoms with Gasteiger partial charge in [-0.3, -0.25) is 4.79 Å². The molecule has 0 aromatic heterocycles. The Morgan fingerprint density at radius 3 is 2.47 bits per heavy atom. The molecule has 1 amide bonds. The third kappa shape index (κ3) is 5.09. The number of hydrogen-bond acceptors (Lipinski definition) is 3. The highest BCUT2D eigenvalue weighted by molar-refractivity contribution is 5.85. The highest BCUT2D eigenvalue weighted by atomic mass is 19.3. The van der Waals surface area contributed by atoms with Crippen molar-refractivity contribution < 1.29 is 18.3 Å². The number of amides is 1. The zero-order chi connectivity index (χ0) is 13.3. The van der Waals surface area contributed by atoms with Crippen molar-refractivity contribution in [2.24, 2.45) is 5.41 Å². The van der Waals surface area contributed by atoms with Crippen molar-refractivity contribution in [2.75, 3.05) is 19.8 Å². The lowest BCUT2D eigenvalue weighted by Gasteiger charge is -2.22. The SMILES string of the molecule is CCC(C#N)(CC)C(=O)NCCOCC(F)F. The first kappa shape index (κ1) is 15.8. The average Bonchev–Trinajstić information content (AvgIpc) is 2.31. The molecular formula is C11H18F2N2O2.